The normalized spacial score (nSPS) is 14.6. The van der Waals surface area contributed by atoms with Gasteiger partial charge in [0, 0.05) is 55.0 Å². The topological polar surface area (TPSA) is 57.2 Å². The van der Waals surface area contributed by atoms with Gasteiger partial charge in [0.05, 0.1) is 22.9 Å². The summed E-state index contributed by atoms with van der Waals surface area (Å²) in [5, 5.41) is 4.70. The minimum Gasteiger partial charge on any atom is -0.351 e. The molecule has 0 spiro atoms. The van der Waals surface area contributed by atoms with E-state index in [0.717, 1.165) is 54.8 Å². The molecule has 0 aliphatic carbocycles. The molecule has 33 heavy (non-hydrogen) atoms. The van der Waals surface area contributed by atoms with Crippen molar-refractivity contribution in [2.75, 3.05) is 36.4 Å². The molecular weight excluding hydrogens is 462 g/mol. The molecule has 1 aliphatic heterocycles. The van der Waals surface area contributed by atoms with Crippen LogP contribution >= 0.6 is 23.2 Å². The molecule has 1 aliphatic rings. The van der Waals surface area contributed by atoms with Gasteiger partial charge in [0.2, 0.25) is 0 Å². The summed E-state index contributed by atoms with van der Waals surface area (Å²) in [6.07, 6.45) is 3.42. The molecule has 0 atom stereocenters. The van der Waals surface area contributed by atoms with Crippen molar-refractivity contribution < 1.29 is 4.39 Å². The van der Waals surface area contributed by atoms with E-state index in [9.17, 15) is 4.39 Å². The summed E-state index contributed by atoms with van der Waals surface area (Å²) in [6.45, 7) is 3.93. The van der Waals surface area contributed by atoms with E-state index in [2.05, 4.69) is 25.1 Å². The Labute approximate surface area is 201 Å². The molecule has 168 valence electrons. The highest BCUT2D eigenvalue weighted by atomic mass is 35.5. The maximum absolute atomic E-state index is 13.8. The molecule has 0 bridgehead atoms. The fraction of sp³-hybridized carbons (Fsp3) is 0.208. The quantitative estimate of drug-likeness (QED) is 0.403. The van der Waals surface area contributed by atoms with Gasteiger partial charge in [-0.2, -0.15) is 0 Å². The number of fused-ring (bicyclic) bond motifs is 1. The Hall–Kier alpha value is -3.00. The fourth-order valence-electron chi connectivity index (χ4n) is 3.92. The lowest BCUT2D eigenvalue weighted by atomic mass is 10.2. The largest absolute Gasteiger partial charge is 0.351 e. The van der Waals surface area contributed by atoms with Crippen LogP contribution in [0.2, 0.25) is 10.0 Å². The number of benzene rings is 2. The molecular formula is C24H21Cl2FN6. The van der Waals surface area contributed by atoms with Gasteiger partial charge in [0.1, 0.15) is 5.82 Å². The molecule has 0 saturated carbocycles. The number of piperazine rings is 1. The van der Waals surface area contributed by atoms with Crippen LogP contribution in [0.3, 0.4) is 0 Å². The summed E-state index contributed by atoms with van der Waals surface area (Å²) in [5.74, 6) is 0.969. The van der Waals surface area contributed by atoms with Crippen LogP contribution in [0.1, 0.15) is 5.56 Å². The van der Waals surface area contributed by atoms with E-state index in [-0.39, 0.29) is 5.82 Å². The summed E-state index contributed by atoms with van der Waals surface area (Å²) >= 11 is 12.5. The van der Waals surface area contributed by atoms with Crippen molar-refractivity contribution in [2.24, 2.45) is 0 Å². The second-order valence-electron chi connectivity index (χ2n) is 7.89. The van der Waals surface area contributed by atoms with E-state index in [4.69, 9.17) is 28.2 Å². The Morgan fingerprint density at radius 1 is 0.939 bits per heavy atom. The van der Waals surface area contributed by atoms with Crippen LogP contribution in [0.5, 0.6) is 0 Å². The summed E-state index contributed by atoms with van der Waals surface area (Å²) in [5.41, 5.74) is 2.96. The Balaban J connectivity index is 1.39. The van der Waals surface area contributed by atoms with Crippen LogP contribution in [0, 0.1) is 5.82 Å². The number of anilines is 3. The Morgan fingerprint density at radius 3 is 2.58 bits per heavy atom. The lowest BCUT2D eigenvalue weighted by Crippen LogP contribution is -2.46. The minimum atomic E-state index is -0.342. The highest BCUT2D eigenvalue weighted by Crippen LogP contribution is 2.29. The van der Waals surface area contributed by atoms with Gasteiger partial charge < -0.3 is 10.2 Å². The molecule has 1 fully saturated rings. The Kier molecular flexibility index (Phi) is 6.26. The molecule has 0 amide bonds. The Morgan fingerprint density at radius 2 is 1.79 bits per heavy atom. The molecule has 1 saturated heterocycles. The number of nitrogens with zero attached hydrogens (tertiary/aromatic N) is 5. The first kappa shape index (κ1) is 21.8. The second-order valence-corrected chi connectivity index (χ2v) is 8.74. The van der Waals surface area contributed by atoms with E-state index in [1.54, 1.807) is 24.5 Å². The SMILES string of the molecule is Fc1ccc2nc(N3CCN(Cc4cc(Cl)ccc4Cl)CC3)c(Nc3cccnc3)nc2c1. The van der Waals surface area contributed by atoms with Crippen LogP contribution in [0.25, 0.3) is 11.0 Å². The number of nitrogens with one attached hydrogen (secondary N) is 1. The van der Waals surface area contributed by atoms with Gasteiger partial charge in [-0.25, -0.2) is 14.4 Å². The highest BCUT2D eigenvalue weighted by Gasteiger charge is 2.23. The van der Waals surface area contributed by atoms with Crippen LogP contribution in [-0.4, -0.2) is 46.0 Å². The standard InChI is InChI=1S/C24H21Cl2FN6/c25-17-3-5-20(26)16(12-17)15-32-8-10-33(11-9-32)24-23(29-19-2-1-7-28-14-19)30-22-13-18(27)4-6-21(22)31-24/h1-7,12-14H,8-11,15H2,(H,29,30). The zero-order valence-corrected chi connectivity index (χ0v) is 19.2. The molecule has 1 N–H and O–H groups in total. The van der Waals surface area contributed by atoms with Gasteiger partial charge in [-0.3, -0.25) is 9.88 Å². The lowest BCUT2D eigenvalue weighted by Gasteiger charge is -2.36. The van der Waals surface area contributed by atoms with E-state index in [1.807, 2.05) is 24.3 Å². The molecule has 2 aromatic carbocycles. The average Bonchev–Trinajstić information content (AvgIpc) is 2.82. The predicted octanol–water partition coefficient (Wildman–Crippen LogP) is 5.54. The van der Waals surface area contributed by atoms with Crippen molar-refractivity contribution in [1.82, 2.24) is 19.9 Å². The van der Waals surface area contributed by atoms with Crippen molar-refractivity contribution in [3.8, 4) is 0 Å². The molecule has 6 nitrogen and oxygen atoms in total. The van der Waals surface area contributed by atoms with Gasteiger partial charge in [0.25, 0.3) is 0 Å². The summed E-state index contributed by atoms with van der Waals surface area (Å²) in [6, 6.07) is 13.8. The average molecular weight is 483 g/mol. The first-order valence-electron chi connectivity index (χ1n) is 10.6. The number of halogens is 3. The molecule has 0 unspecified atom stereocenters. The second kappa shape index (κ2) is 9.47. The number of hydrogen-bond donors (Lipinski definition) is 1. The van der Waals surface area contributed by atoms with Gasteiger partial charge in [0.15, 0.2) is 11.6 Å². The molecule has 5 rings (SSSR count). The number of hydrogen-bond acceptors (Lipinski definition) is 6. The highest BCUT2D eigenvalue weighted by molar-refractivity contribution is 6.33. The van der Waals surface area contributed by atoms with Gasteiger partial charge >= 0.3 is 0 Å². The maximum atomic E-state index is 13.8. The number of rotatable bonds is 5. The first-order valence-corrected chi connectivity index (χ1v) is 11.4. The third kappa shape index (κ3) is 5.00. The number of aromatic nitrogens is 3. The summed E-state index contributed by atoms with van der Waals surface area (Å²) in [7, 11) is 0. The third-order valence-electron chi connectivity index (χ3n) is 5.61. The molecule has 2 aromatic heterocycles. The van der Waals surface area contributed by atoms with Crippen LogP contribution in [-0.2, 0) is 6.54 Å². The first-order chi connectivity index (χ1) is 16.0. The van der Waals surface area contributed by atoms with Gasteiger partial charge in [-0.1, -0.05) is 23.2 Å². The van der Waals surface area contributed by atoms with Crippen LogP contribution < -0.4 is 10.2 Å². The summed E-state index contributed by atoms with van der Waals surface area (Å²) in [4.78, 5) is 18.2. The van der Waals surface area contributed by atoms with E-state index in [1.165, 1.54) is 12.1 Å². The van der Waals surface area contributed by atoms with Crippen LogP contribution in [0.15, 0.2) is 60.9 Å². The summed E-state index contributed by atoms with van der Waals surface area (Å²) < 4.78 is 13.8. The predicted molar refractivity (Wildman–Crippen MR) is 131 cm³/mol. The van der Waals surface area contributed by atoms with Crippen molar-refractivity contribution in [2.45, 2.75) is 6.54 Å². The van der Waals surface area contributed by atoms with Gasteiger partial charge in [-0.15, -0.1) is 0 Å². The molecule has 4 aromatic rings. The zero-order chi connectivity index (χ0) is 22.8. The van der Waals surface area contributed by atoms with E-state index >= 15 is 0 Å². The van der Waals surface area contributed by atoms with Crippen molar-refractivity contribution in [3.05, 3.63) is 82.4 Å². The molecule has 3 heterocycles. The zero-order valence-electron chi connectivity index (χ0n) is 17.7. The monoisotopic (exact) mass is 482 g/mol. The van der Waals surface area contributed by atoms with Gasteiger partial charge in [-0.05, 0) is 48.0 Å². The van der Waals surface area contributed by atoms with E-state index < -0.39 is 0 Å². The third-order valence-corrected chi connectivity index (χ3v) is 6.21. The number of pyridine rings is 1. The van der Waals surface area contributed by atoms with E-state index in [0.29, 0.717) is 21.9 Å². The molecule has 0 radical (unpaired) electrons. The molecule has 9 heteroatoms. The Bertz CT molecular complexity index is 1280. The maximum Gasteiger partial charge on any atom is 0.174 e. The fourth-order valence-corrected chi connectivity index (χ4v) is 4.29. The minimum absolute atomic E-state index is 0.342. The van der Waals surface area contributed by atoms with Crippen LogP contribution in [0.4, 0.5) is 21.7 Å². The lowest BCUT2D eigenvalue weighted by molar-refractivity contribution is 0.249. The smallest absolute Gasteiger partial charge is 0.174 e. The van der Waals surface area contributed by atoms with Crippen molar-refractivity contribution >= 4 is 51.6 Å². The van der Waals surface area contributed by atoms with Crippen molar-refractivity contribution in [3.63, 3.8) is 0 Å². The van der Waals surface area contributed by atoms with Crippen molar-refractivity contribution in [1.29, 1.82) is 0 Å².